The summed E-state index contributed by atoms with van der Waals surface area (Å²) in [6, 6.07) is 10.2. The molecule has 0 aliphatic heterocycles. The third kappa shape index (κ3) is 5.69. The minimum atomic E-state index is -0.335. The molecule has 0 saturated heterocycles. The Labute approximate surface area is 166 Å². The highest BCUT2D eigenvalue weighted by Crippen LogP contribution is 2.22. The molecule has 28 heavy (non-hydrogen) atoms. The van der Waals surface area contributed by atoms with E-state index in [0.29, 0.717) is 37.0 Å². The van der Waals surface area contributed by atoms with Gasteiger partial charge in [-0.15, -0.1) is 21.5 Å². The van der Waals surface area contributed by atoms with Crippen molar-refractivity contribution in [2.24, 2.45) is 0 Å². The Balaban J connectivity index is 1.57. The third-order valence-electron chi connectivity index (χ3n) is 4.10. The molecule has 148 valence electrons. The predicted molar refractivity (Wildman–Crippen MR) is 102 cm³/mol. The second kappa shape index (κ2) is 10.1. The van der Waals surface area contributed by atoms with Crippen molar-refractivity contribution in [3.63, 3.8) is 0 Å². The highest BCUT2D eigenvalue weighted by atomic mass is 32.1. The number of hydrogen-bond acceptors (Lipinski definition) is 6. The number of methoxy groups -OCH3 is 1. The number of carbonyl (C=O) groups excluding carboxylic acids is 1. The van der Waals surface area contributed by atoms with Crippen LogP contribution in [0.2, 0.25) is 0 Å². The highest BCUT2D eigenvalue weighted by molar-refractivity contribution is 7.13. The van der Waals surface area contributed by atoms with Crippen LogP contribution in [0.1, 0.15) is 11.5 Å². The molecule has 1 amide bonds. The van der Waals surface area contributed by atoms with E-state index >= 15 is 0 Å². The van der Waals surface area contributed by atoms with E-state index in [4.69, 9.17) is 9.15 Å². The number of amides is 1. The average Bonchev–Trinajstić information content (AvgIpc) is 3.37. The second-order valence-corrected chi connectivity index (χ2v) is 7.14. The van der Waals surface area contributed by atoms with Crippen LogP contribution in [0, 0.1) is 5.82 Å². The Hall–Kier alpha value is -2.62. The van der Waals surface area contributed by atoms with E-state index in [0.717, 1.165) is 9.78 Å². The van der Waals surface area contributed by atoms with Gasteiger partial charge in [0, 0.05) is 19.2 Å². The molecule has 3 aromatic rings. The van der Waals surface area contributed by atoms with Crippen LogP contribution in [-0.2, 0) is 22.6 Å². The first-order valence-corrected chi connectivity index (χ1v) is 9.72. The maximum absolute atomic E-state index is 13.7. The van der Waals surface area contributed by atoms with E-state index in [1.165, 1.54) is 17.4 Å². The van der Waals surface area contributed by atoms with E-state index in [2.05, 4.69) is 15.5 Å². The number of aromatic nitrogens is 2. The molecule has 0 bridgehead atoms. The number of rotatable bonds is 10. The lowest BCUT2D eigenvalue weighted by Crippen LogP contribution is -3.12. The van der Waals surface area contributed by atoms with Gasteiger partial charge in [0.1, 0.15) is 12.4 Å². The number of hydrogen-bond donors (Lipinski definition) is 2. The maximum atomic E-state index is 13.7. The van der Waals surface area contributed by atoms with E-state index in [-0.39, 0.29) is 24.8 Å². The van der Waals surface area contributed by atoms with Gasteiger partial charge in [-0.05, 0) is 17.5 Å². The summed E-state index contributed by atoms with van der Waals surface area (Å²) in [5.74, 6) is 0.405. The standard InChI is InChI=1S/C19H21FN4O3S/c1-26-9-8-24(12-17(25)21-11-14-5-2-3-6-15(14)20)13-18-22-23-19(27-18)16-7-4-10-28-16/h2-7,10H,8-9,11-13H2,1H3,(H,21,25)/p+1. The number of benzene rings is 1. The molecular formula is C19H22FN4O3S+. The van der Waals surface area contributed by atoms with Gasteiger partial charge in [-0.1, -0.05) is 24.3 Å². The molecule has 0 saturated carbocycles. The van der Waals surface area contributed by atoms with Gasteiger partial charge in [0.15, 0.2) is 13.1 Å². The zero-order chi connectivity index (χ0) is 19.8. The van der Waals surface area contributed by atoms with Crippen molar-refractivity contribution in [3.05, 3.63) is 59.0 Å². The van der Waals surface area contributed by atoms with Crippen molar-refractivity contribution >= 4 is 17.2 Å². The maximum Gasteiger partial charge on any atom is 0.275 e. The molecule has 0 spiro atoms. The van der Waals surface area contributed by atoms with Crippen LogP contribution in [0.25, 0.3) is 10.8 Å². The Morgan fingerprint density at radius 3 is 2.89 bits per heavy atom. The molecule has 1 unspecified atom stereocenters. The molecule has 0 aliphatic rings. The van der Waals surface area contributed by atoms with Gasteiger partial charge in [-0.2, -0.15) is 0 Å². The fourth-order valence-electron chi connectivity index (χ4n) is 2.65. The van der Waals surface area contributed by atoms with Gasteiger partial charge in [-0.25, -0.2) is 4.39 Å². The van der Waals surface area contributed by atoms with Crippen molar-refractivity contribution in [1.82, 2.24) is 15.5 Å². The fourth-order valence-corrected chi connectivity index (χ4v) is 3.29. The molecule has 3 rings (SSSR count). The number of halogens is 1. The van der Waals surface area contributed by atoms with Crippen molar-refractivity contribution in [2.45, 2.75) is 13.1 Å². The number of nitrogens with zero attached hydrogens (tertiary/aromatic N) is 2. The van der Waals surface area contributed by atoms with Crippen molar-refractivity contribution in [3.8, 4) is 10.8 Å². The van der Waals surface area contributed by atoms with Crippen LogP contribution in [0.3, 0.4) is 0 Å². The molecule has 7 nitrogen and oxygen atoms in total. The number of thiophene rings is 1. The normalized spacial score (nSPS) is 12.1. The van der Waals surface area contributed by atoms with Gasteiger partial charge in [0.2, 0.25) is 0 Å². The summed E-state index contributed by atoms with van der Waals surface area (Å²) in [7, 11) is 1.61. The minimum absolute atomic E-state index is 0.145. The van der Waals surface area contributed by atoms with Crippen LogP contribution in [0.5, 0.6) is 0 Å². The zero-order valence-corrected chi connectivity index (χ0v) is 16.3. The molecule has 0 fully saturated rings. The Morgan fingerprint density at radius 1 is 1.29 bits per heavy atom. The van der Waals surface area contributed by atoms with Gasteiger partial charge in [-0.3, -0.25) is 4.79 Å². The summed E-state index contributed by atoms with van der Waals surface area (Å²) < 4.78 is 24.5. The van der Waals surface area contributed by atoms with Crippen LogP contribution in [0.15, 0.2) is 46.2 Å². The first-order valence-electron chi connectivity index (χ1n) is 8.84. The van der Waals surface area contributed by atoms with Crippen molar-refractivity contribution in [1.29, 1.82) is 0 Å². The molecule has 2 aromatic heterocycles. The summed E-state index contributed by atoms with van der Waals surface area (Å²) in [5, 5.41) is 12.8. The molecule has 1 aromatic carbocycles. The largest absolute Gasteiger partial charge is 0.414 e. The molecule has 9 heteroatoms. The van der Waals surface area contributed by atoms with Crippen LogP contribution < -0.4 is 10.2 Å². The van der Waals surface area contributed by atoms with E-state index in [9.17, 15) is 9.18 Å². The molecular weight excluding hydrogens is 383 g/mol. The summed E-state index contributed by atoms with van der Waals surface area (Å²) in [6.45, 7) is 1.82. The Bertz CT molecular complexity index is 885. The van der Waals surface area contributed by atoms with Gasteiger partial charge in [0.05, 0.1) is 11.5 Å². The summed E-state index contributed by atoms with van der Waals surface area (Å²) in [5.41, 5.74) is 0.451. The van der Waals surface area contributed by atoms with E-state index in [1.807, 2.05) is 17.5 Å². The topological polar surface area (TPSA) is 81.7 Å². The third-order valence-corrected chi connectivity index (χ3v) is 4.96. The number of ether oxygens (including phenoxy) is 1. The predicted octanol–water partition coefficient (Wildman–Crippen LogP) is 1.28. The monoisotopic (exact) mass is 405 g/mol. The van der Waals surface area contributed by atoms with Crippen LogP contribution >= 0.6 is 11.3 Å². The highest BCUT2D eigenvalue weighted by Gasteiger charge is 2.19. The second-order valence-electron chi connectivity index (χ2n) is 6.19. The molecule has 1 atom stereocenters. The average molecular weight is 405 g/mol. The number of carbonyl (C=O) groups is 1. The SMILES string of the molecule is COCC[NH+](CC(=O)NCc1ccccc1F)Cc1nnc(-c2cccs2)o1. The number of quaternary nitrogens is 1. The summed E-state index contributed by atoms with van der Waals surface area (Å²) >= 11 is 1.52. The van der Waals surface area contributed by atoms with Crippen LogP contribution in [-0.4, -0.2) is 42.9 Å². The number of nitrogens with one attached hydrogen (secondary N) is 2. The smallest absolute Gasteiger partial charge is 0.275 e. The van der Waals surface area contributed by atoms with E-state index in [1.54, 1.807) is 25.3 Å². The molecule has 2 heterocycles. The van der Waals surface area contributed by atoms with Crippen LogP contribution in [0.4, 0.5) is 4.39 Å². The summed E-state index contributed by atoms with van der Waals surface area (Å²) in [6.07, 6.45) is 0. The lowest BCUT2D eigenvalue weighted by Gasteiger charge is -2.17. The molecule has 0 radical (unpaired) electrons. The Kier molecular flexibility index (Phi) is 7.24. The van der Waals surface area contributed by atoms with Crippen molar-refractivity contribution < 1.29 is 23.2 Å². The summed E-state index contributed by atoms with van der Waals surface area (Å²) in [4.78, 5) is 14.1. The van der Waals surface area contributed by atoms with E-state index < -0.39 is 0 Å². The Morgan fingerprint density at radius 2 is 2.14 bits per heavy atom. The fraction of sp³-hybridized carbons (Fsp3) is 0.316. The molecule has 2 N–H and O–H groups in total. The lowest BCUT2D eigenvalue weighted by molar-refractivity contribution is -0.907. The quantitative estimate of drug-likeness (QED) is 0.531. The van der Waals surface area contributed by atoms with Gasteiger partial charge >= 0.3 is 0 Å². The van der Waals surface area contributed by atoms with Gasteiger partial charge in [0.25, 0.3) is 17.7 Å². The minimum Gasteiger partial charge on any atom is -0.414 e. The molecule has 0 aliphatic carbocycles. The zero-order valence-electron chi connectivity index (χ0n) is 15.5. The first-order chi connectivity index (χ1) is 13.7. The first kappa shape index (κ1) is 20.1. The van der Waals surface area contributed by atoms with Gasteiger partial charge < -0.3 is 19.4 Å². The van der Waals surface area contributed by atoms with Crippen molar-refractivity contribution in [2.75, 3.05) is 26.8 Å². The lowest BCUT2D eigenvalue weighted by atomic mass is 10.2.